The van der Waals surface area contributed by atoms with Gasteiger partial charge in [-0.2, -0.15) is 0 Å². The molecule has 106 valence electrons. The van der Waals surface area contributed by atoms with Crippen LogP contribution in [0.4, 0.5) is 4.39 Å². The minimum atomic E-state index is -0.287. The molecule has 0 radical (unpaired) electrons. The Kier molecular flexibility index (Phi) is 5.57. The number of nitrogens with one attached hydrogen (secondary N) is 1. The topological polar surface area (TPSA) is 38.0 Å². The van der Waals surface area contributed by atoms with Gasteiger partial charge < -0.3 is 0 Å². The summed E-state index contributed by atoms with van der Waals surface area (Å²) in [6.07, 6.45) is 0.531. The fraction of sp³-hybridized carbons (Fsp3) is 0.143. The largest absolute Gasteiger partial charge is 0.271 e. The molecular formula is C14H12Br2ClFN2. The summed E-state index contributed by atoms with van der Waals surface area (Å²) in [5, 5.41) is 0.603. The van der Waals surface area contributed by atoms with Gasteiger partial charge in [-0.05, 0) is 57.7 Å². The van der Waals surface area contributed by atoms with Gasteiger partial charge in [0.05, 0.1) is 11.1 Å². The van der Waals surface area contributed by atoms with Gasteiger partial charge in [0.1, 0.15) is 5.82 Å². The second-order valence-corrected chi connectivity index (χ2v) is 6.49. The fourth-order valence-electron chi connectivity index (χ4n) is 2.01. The van der Waals surface area contributed by atoms with E-state index in [2.05, 4.69) is 37.3 Å². The molecule has 0 heterocycles. The van der Waals surface area contributed by atoms with Crippen LogP contribution in [0, 0.1) is 5.82 Å². The van der Waals surface area contributed by atoms with E-state index in [1.54, 1.807) is 0 Å². The lowest BCUT2D eigenvalue weighted by Gasteiger charge is -2.18. The molecule has 6 heteroatoms. The molecule has 0 saturated heterocycles. The Morgan fingerprint density at radius 3 is 2.65 bits per heavy atom. The summed E-state index contributed by atoms with van der Waals surface area (Å²) in [5.41, 5.74) is 4.43. The molecule has 1 unspecified atom stereocenters. The lowest BCUT2D eigenvalue weighted by atomic mass is 9.99. The van der Waals surface area contributed by atoms with Crippen LogP contribution in [0.3, 0.4) is 0 Å². The third-order valence-corrected chi connectivity index (χ3v) is 4.69. The molecule has 0 aliphatic carbocycles. The molecule has 0 amide bonds. The van der Waals surface area contributed by atoms with Gasteiger partial charge in [-0.15, -0.1) is 0 Å². The zero-order valence-electron chi connectivity index (χ0n) is 10.3. The van der Waals surface area contributed by atoms with Gasteiger partial charge >= 0.3 is 0 Å². The van der Waals surface area contributed by atoms with E-state index in [-0.39, 0.29) is 11.9 Å². The van der Waals surface area contributed by atoms with Gasteiger partial charge in [-0.1, -0.05) is 39.7 Å². The predicted molar refractivity (Wildman–Crippen MR) is 87.0 cm³/mol. The van der Waals surface area contributed by atoms with Crippen LogP contribution >= 0.6 is 43.5 Å². The Morgan fingerprint density at radius 1 is 1.25 bits per heavy atom. The fourth-order valence-corrected chi connectivity index (χ4v) is 3.16. The standard InChI is InChI=1S/C14H12Br2ClFN2/c15-9-4-8(5-10(18)7-9)6-13(20-19)11-2-1-3-12(16)14(11)17/h1-5,7,13,20H,6,19H2. The minimum Gasteiger partial charge on any atom is -0.271 e. The van der Waals surface area contributed by atoms with E-state index in [1.807, 2.05) is 24.3 Å². The first-order valence-electron chi connectivity index (χ1n) is 5.86. The van der Waals surface area contributed by atoms with Crippen LogP contribution in [0.25, 0.3) is 0 Å². The van der Waals surface area contributed by atoms with Crippen molar-refractivity contribution in [1.82, 2.24) is 5.43 Å². The van der Waals surface area contributed by atoms with E-state index < -0.39 is 0 Å². The summed E-state index contributed by atoms with van der Waals surface area (Å²) in [4.78, 5) is 0. The van der Waals surface area contributed by atoms with Crippen LogP contribution in [0.2, 0.25) is 5.02 Å². The van der Waals surface area contributed by atoms with E-state index in [4.69, 9.17) is 17.4 Å². The van der Waals surface area contributed by atoms with Crippen LogP contribution in [0.15, 0.2) is 45.3 Å². The molecule has 0 aliphatic heterocycles. The second-order valence-electron chi connectivity index (χ2n) is 4.34. The van der Waals surface area contributed by atoms with Gasteiger partial charge in [0, 0.05) is 8.95 Å². The number of halogens is 4. The quantitative estimate of drug-likeness (QED) is 0.551. The van der Waals surface area contributed by atoms with Gasteiger partial charge in [-0.3, -0.25) is 11.3 Å². The molecule has 0 aliphatic rings. The van der Waals surface area contributed by atoms with Gasteiger partial charge in [0.15, 0.2) is 0 Å². The average Bonchev–Trinajstić information content (AvgIpc) is 2.38. The molecule has 20 heavy (non-hydrogen) atoms. The Morgan fingerprint density at radius 2 is 2.00 bits per heavy atom. The molecule has 2 nitrogen and oxygen atoms in total. The predicted octanol–water partition coefficient (Wildman–Crippen LogP) is 4.75. The SMILES string of the molecule is NNC(Cc1cc(F)cc(Br)c1)c1cccc(Br)c1Cl. The normalized spacial score (nSPS) is 12.4. The number of hydrogen-bond acceptors (Lipinski definition) is 2. The van der Waals surface area contributed by atoms with Gasteiger partial charge in [0.2, 0.25) is 0 Å². The van der Waals surface area contributed by atoms with Gasteiger partial charge in [0.25, 0.3) is 0 Å². The second kappa shape index (κ2) is 7.00. The zero-order chi connectivity index (χ0) is 14.7. The van der Waals surface area contributed by atoms with Crippen LogP contribution < -0.4 is 11.3 Å². The third kappa shape index (κ3) is 3.80. The van der Waals surface area contributed by atoms with E-state index in [0.29, 0.717) is 15.9 Å². The Bertz CT molecular complexity index is 602. The van der Waals surface area contributed by atoms with E-state index in [1.165, 1.54) is 12.1 Å². The molecule has 2 rings (SSSR count). The monoisotopic (exact) mass is 420 g/mol. The number of rotatable bonds is 4. The Hall–Kier alpha value is -0.460. The van der Waals surface area contributed by atoms with Crippen molar-refractivity contribution in [2.75, 3.05) is 0 Å². The average molecular weight is 423 g/mol. The summed E-state index contributed by atoms with van der Waals surface area (Å²) in [6, 6.07) is 10.2. The first-order valence-corrected chi connectivity index (χ1v) is 7.82. The summed E-state index contributed by atoms with van der Waals surface area (Å²) >= 11 is 12.9. The smallest absolute Gasteiger partial charge is 0.124 e. The third-order valence-electron chi connectivity index (χ3n) is 2.92. The maximum atomic E-state index is 13.4. The molecule has 0 fully saturated rings. The lowest BCUT2D eigenvalue weighted by Crippen LogP contribution is -2.29. The lowest BCUT2D eigenvalue weighted by molar-refractivity contribution is 0.548. The molecule has 0 spiro atoms. The molecule has 3 N–H and O–H groups in total. The van der Waals surface area contributed by atoms with Crippen LogP contribution in [0.5, 0.6) is 0 Å². The molecule has 1 atom stereocenters. The van der Waals surface area contributed by atoms with Gasteiger partial charge in [-0.25, -0.2) is 4.39 Å². The first-order chi connectivity index (χ1) is 9.51. The van der Waals surface area contributed by atoms with Crippen LogP contribution in [-0.2, 0) is 6.42 Å². The molecule has 0 aromatic heterocycles. The minimum absolute atomic E-state index is 0.200. The highest BCUT2D eigenvalue weighted by atomic mass is 79.9. The molecule has 2 aromatic rings. The summed E-state index contributed by atoms with van der Waals surface area (Å²) < 4.78 is 14.9. The van der Waals surface area contributed by atoms with Crippen LogP contribution in [-0.4, -0.2) is 0 Å². The Balaban J connectivity index is 2.31. The number of benzene rings is 2. The zero-order valence-corrected chi connectivity index (χ0v) is 14.3. The maximum Gasteiger partial charge on any atom is 0.124 e. The van der Waals surface area contributed by atoms with Crippen molar-refractivity contribution in [3.8, 4) is 0 Å². The van der Waals surface area contributed by atoms with Crippen molar-refractivity contribution in [3.05, 3.63) is 67.3 Å². The molecule has 0 saturated carbocycles. The highest BCUT2D eigenvalue weighted by Gasteiger charge is 2.16. The van der Waals surface area contributed by atoms with E-state index >= 15 is 0 Å². The summed E-state index contributed by atoms with van der Waals surface area (Å²) in [5.74, 6) is 5.33. The van der Waals surface area contributed by atoms with Crippen molar-refractivity contribution >= 4 is 43.5 Å². The maximum absolute atomic E-state index is 13.4. The van der Waals surface area contributed by atoms with E-state index in [9.17, 15) is 4.39 Å². The van der Waals surface area contributed by atoms with Crippen molar-refractivity contribution in [2.24, 2.45) is 5.84 Å². The summed E-state index contributed by atoms with van der Waals surface area (Å²) in [6.45, 7) is 0. The van der Waals surface area contributed by atoms with Crippen molar-refractivity contribution in [1.29, 1.82) is 0 Å². The van der Waals surface area contributed by atoms with E-state index in [0.717, 1.165) is 15.6 Å². The summed E-state index contributed by atoms with van der Waals surface area (Å²) in [7, 11) is 0. The number of hydrogen-bond donors (Lipinski definition) is 2. The highest BCUT2D eigenvalue weighted by Crippen LogP contribution is 2.31. The van der Waals surface area contributed by atoms with Crippen LogP contribution in [0.1, 0.15) is 17.2 Å². The number of nitrogens with two attached hydrogens (primary N) is 1. The molecule has 0 bridgehead atoms. The van der Waals surface area contributed by atoms with Crippen molar-refractivity contribution < 1.29 is 4.39 Å². The molecule has 2 aromatic carbocycles. The van der Waals surface area contributed by atoms with Crippen molar-refractivity contribution in [2.45, 2.75) is 12.5 Å². The van der Waals surface area contributed by atoms with Crippen molar-refractivity contribution in [3.63, 3.8) is 0 Å². The Labute approximate surface area is 138 Å². The highest BCUT2D eigenvalue weighted by molar-refractivity contribution is 9.10. The first kappa shape index (κ1) is 15.9. The molecular weight excluding hydrogens is 410 g/mol. The number of hydrazine groups is 1.